The number of rotatable bonds is 2. The first-order valence-corrected chi connectivity index (χ1v) is 7.84. The van der Waals surface area contributed by atoms with Gasteiger partial charge in [0.25, 0.3) is 0 Å². The Morgan fingerprint density at radius 3 is 2.61 bits per heavy atom. The van der Waals surface area contributed by atoms with Gasteiger partial charge in [-0.25, -0.2) is 4.98 Å². The third-order valence-corrected chi connectivity index (χ3v) is 5.13. The summed E-state index contributed by atoms with van der Waals surface area (Å²) >= 11 is 5.24. The molecule has 18 heavy (non-hydrogen) atoms. The van der Waals surface area contributed by atoms with Crippen molar-refractivity contribution in [1.82, 2.24) is 4.98 Å². The van der Waals surface area contributed by atoms with Gasteiger partial charge in [-0.15, -0.1) is 11.3 Å². The van der Waals surface area contributed by atoms with Crippen LogP contribution in [0.15, 0.2) is 28.7 Å². The number of fused-ring (bicyclic) bond motifs is 1. The third kappa shape index (κ3) is 2.37. The topological polar surface area (TPSA) is 38.9 Å². The van der Waals surface area contributed by atoms with E-state index in [2.05, 4.69) is 28.1 Å². The summed E-state index contributed by atoms with van der Waals surface area (Å²) in [5.41, 5.74) is 8.73. The predicted molar refractivity (Wildman–Crippen MR) is 78.9 cm³/mol. The number of aromatic nitrogens is 1. The van der Waals surface area contributed by atoms with E-state index < -0.39 is 0 Å². The van der Waals surface area contributed by atoms with Crippen molar-refractivity contribution >= 4 is 27.3 Å². The van der Waals surface area contributed by atoms with E-state index in [1.54, 1.807) is 11.3 Å². The number of hydrogen-bond acceptors (Lipinski definition) is 3. The smallest absolute Gasteiger partial charge is 0.114 e. The van der Waals surface area contributed by atoms with Crippen molar-refractivity contribution in [2.75, 3.05) is 0 Å². The lowest BCUT2D eigenvalue weighted by Crippen LogP contribution is -2.11. The molecule has 1 aliphatic rings. The summed E-state index contributed by atoms with van der Waals surface area (Å²) in [6, 6.07) is 8.10. The van der Waals surface area contributed by atoms with Gasteiger partial charge in [-0.3, -0.25) is 0 Å². The molecule has 0 aliphatic heterocycles. The molecule has 3 rings (SSSR count). The Bertz CT molecular complexity index is 524. The highest BCUT2D eigenvalue weighted by molar-refractivity contribution is 9.10. The molecular weight excluding hydrogens is 308 g/mol. The Morgan fingerprint density at radius 1 is 1.17 bits per heavy atom. The van der Waals surface area contributed by atoms with Crippen LogP contribution < -0.4 is 5.73 Å². The van der Waals surface area contributed by atoms with Crippen molar-refractivity contribution in [2.45, 2.75) is 31.7 Å². The minimum Gasteiger partial charge on any atom is -0.318 e. The lowest BCUT2D eigenvalue weighted by Gasteiger charge is -2.08. The average molecular weight is 323 g/mol. The second-order valence-electron chi connectivity index (χ2n) is 4.66. The van der Waals surface area contributed by atoms with Crippen LogP contribution in [0.1, 0.15) is 40.0 Å². The third-order valence-electron chi connectivity index (χ3n) is 3.36. The van der Waals surface area contributed by atoms with Crippen LogP contribution >= 0.6 is 27.3 Å². The summed E-state index contributed by atoms with van der Waals surface area (Å²) in [4.78, 5) is 6.18. The van der Waals surface area contributed by atoms with Crippen molar-refractivity contribution in [3.63, 3.8) is 0 Å². The Kier molecular flexibility index (Phi) is 3.50. The molecule has 1 unspecified atom stereocenters. The van der Waals surface area contributed by atoms with Gasteiger partial charge in [0.15, 0.2) is 0 Å². The molecular formula is C14H15BrN2S. The normalized spacial score (nSPS) is 16.3. The summed E-state index contributed by atoms with van der Waals surface area (Å²) in [5.74, 6) is 0. The van der Waals surface area contributed by atoms with Crippen LogP contribution in [0.3, 0.4) is 0 Å². The van der Waals surface area contributed by atoms with Crippen LogP contribution in [0.25, 0.3) is 0 Å². The minimum absolute atomic E-state index is 0.0892. The number of thiazole rings is 1. The van der Waals surface area contributed by atoms with Crippen LogP contribution in [0, 0.1) is 0 Å². The van der Waals surface area contributed by atoms with Crippen LogP contribution in [-0.4, -0.2) is 4.98 Å². The van der Waals surface area contributed by atoms with Gasteiger partial charge in [0.1, 0.15) is 5.01 Å². The number of nitrogens with two attached hydrogens (primary N) is 1. The van der Waals surface area contributed by atoms with Gasteiger partial charge in [0.05, 0.1) is 11.7 Å². The molecule has 1 aromatic heterocycles. The molecule has 2 aromatic rings. The van der Waals surface area contributed by atoms with Crippen LogP contribution in [0.2, 0.25) is 0 Å². The van der Waals surface area contributed by atoms with Crippen LogP contribution in [0.5, 0.6) is 0 Å². The molecule has 0 amide bonds. The molecule has 0 saturated carbocycles. The molecule has 2 nitrogen and oxygen atoms in total. The fourth-order valence-electron chi connectivity index (χ4n) is 2.32. The quantitative estimate of drug-likeness (QED) is 0.912. The SMILES string of the molecule is NC(c1ccc(Br)cc1)c1nc2c(s1)CCCC2. The molecule has 2 N–H and O–H groups in total. The molecule has 0 radical (unpaired) electrons. The lowest BCUT2D eigenvalue weighted by atomic mass is 10.0. The van der Waals surface area contributed by atoms with Gasteiger partial charge in [0.2, 0.25) is 0 Å². The van der Waals surface area contributed by atoms with Crippen LogP contribution in [0.4, 0.5) is 0 Å². The van der Waals surface area contributed by atoms with E-state index in [4.69, 9.17) is 10.7 Å². The van der Waals surface area contributed by atoms with E-state index >= 15 is 0 Å². The van der Waals surface area contributed by atoms with E-state index in [9.17, 15) is 0 Å². The van der Waals surface area contributed by atoms with Gasteiger partial charge in [0, 0.05) is 9.35 Å². The fraction of sp³-hybridized carbons (Fsp3) is 0.357. The van der Waals surface area contributed by atoms with E-state index in [1.165, 1.54) is 29.8 Å². The zero-order valence-electron chi connectivity index (χ0n) is 10.0. The number of nitrogens with zero attached hydrogens (tertiary/aromatic N) is 1. The van der Waals surface area contributed by atoms with Gasteiger partial charge in [-0.1, -0.05) is 28.1 Å². The summed E-state index contributed by atoms with van der Waals surface area (Å²) in [6.45, 7) is 0. The van der Waals surface area contributed by atoms with Crippen molar-refractivity contribution < 1.29 is 0 Å². The molecule has 1 atom stereocenters. The van der Waals surface area contributed by atoms with Crippen molar-refractivity contribution in [2.24, 2.45) is 5.73 Å². The summed E-state index contributed by atoms with van der Waals surface area (Å²) in [5, 5.41) is 1.06. The van der Waals surface area contributed by atoms with E-state index in [0.29, 0.717) is 0 Å². The summed E-state index contributed by atoms with van der Waals surface area (Å²) in [7, 11) is 0. The Hall–Kier alpha value is -0.710. The predicted octanol–water partition coefficient (Wildman–Crippen LogP) is 3.83. The number of aryl methyl sites for hydroxylation is 2. The number of hydrogen-bond donors (Lipinski definition) is 1. The van der Waals surface area contributed by atoms with Crippen LogP contribution in [-0.2, 0) is 12.8 Å². The molecule has 0 saturated heterocycles. The molecule has 0 bridgehead atoms. The lowest BCUT2D eigenvalue weighted by molar-refractivity contribution is 0.678. The van der Waals surface area contributed by atoms with Gasteiger partial charge in [-0.2, -0.15) is 0 Å². The molecule has 1 aliphatic carbocycles. The van der Waals surface area contributed by atoms with E-state index in [-0.39, 0.29) is 6.04 Å². The highest BCUT2D eigenvalue weighted by Gasteiger charge is 2.19. The largest absolute Gasteiger partial charge is 0.318 e. The van der Waals surface area contributed by atoms with E-state index in [1.807, 2.05) is 12.1 Å². The molecule has 94 valence electrons. The molecule has 1 aromatic carbocycles. The first-order valence-electron chi connectivity index (χ1n) is 6.23. The molecule has 1 heterocycles. The number of halogens is 1. The number of benzene rings is 1. The molecule has 0 fully saturated rings. The minimum atomic E-state index is -0.0892. The first kappa shape index (κ1) is 12.3. The maximum absolute atomic E-state index is 6.31. The standard InChI is InChI=1S/C14H15BrN2S/c15-10-7-5-9(6-8-10)13(16)14-17-11-3-1-2-4-12(11)18-14/h5-8,13H,1-4,16H2. The average Bonchev–Trinajstić information content (AvgIpc) is 2.82. The summed E-state index contributed by atoms with van der Waals surface area (Å²) < 4.78 is 1.08. The maximum Gasteiger partial charge on any atom is 0.114 e. The molecule has 0 spiro atoms. The Balaban J connectivity index is 1.89. The van der Waals surface area contributed by atoms with Gasteiger partial charge >= 0.3 is 0 Å². The van der Waals surface area contributed by atoms with Crippen molar-refractivity contribution in [1.29, 1.82) is 0 Å². The summed E-state index contributed by atoms with van der Waals surface area (Å²) in [6.07, 6.45) is 4.87. The van der Waals surface area contributed by atoms with Gasteiger partial charge in [-0.05, 0) is 43.4 Å². The first-order chi connectivity index (χ1) is 8.74. The van der Waals surface area contributed by atoms with Crippen molar-refractivity contribution in [3.8, 4) is 0 Å². The molecule has 4 heteroatoms. The fourth-order valence-corrected chi connectivity index (χ4v) is 3.77. The second kappa shape index (κ2) is 5.11. The highest BCUT2D eigenvalue weighted by atomic mass is 79.9. The Labute approximate surface area is 119 Å². The van der Waals surface area contributed by atoms with Crippen molar-refractivity contribution in [3.05, 3.63) is 49.9 Å². The van der Waals surface area contributed by atoms with E-state index in [0.717, 1.165) is 21.5 Å². The van der Waals surface area contributed by atoms with Gasteiger partial charge < -0.3 is 5.73 Å². The monoisotopic (exact) mass is 322 g/mol. The second-order valence-corrected chi connectivity index (χ2v) is 6.69. The Morgan fingerprint density at radius 2 is 1.89 bits per heavy atom. The zero-order valence-corrected chi connectivity index (χ0v) is 12.4. The maximum atomic E-state index is 6.31. The zero-order chi connectivity index (χ0) is 12.5. The highest BCUT2D eigenvalue weighted by Crippen LogP contribution is 2.31.